The highest BCUT2D eigenvalue weighted by Crippen LogP contribution is 2.40. The van der Waals surface area contributed by atoms with Crippen LogP contribution in [0.25, 0.3) is 0 Å². The van der Waals surface area contributed by atoms with Gasteiger partial charge in [-0.1, -0.05) is 18.5 Å². The molecule has 0 saturated carbocycles. The molecule has 0 aromatic heterocycles. The number of hydrogen-bond donors (Lipinski definition) is 1. The number of hydrogen-bond acceptors (Lipinski definition) is 4. The highest BCUT2D eigenvalue weighted by atomic mass is 35.5. The molecule has 1 atom stereocenters. The molecule has 1 amide bonds. The van der Waals surface area contributed by atoms with E-state index in [9.17, 15) is 4.79 Å². The van der Waals surface area contributed by atoms with Crippen molar-refractivity contribution in [2.75, 3.05) is 26.4 Å². The van der Waals surface area contributed by atoms with Crippen LogP contribution in [0.15, 0.2) is 12.1 Å². The van der Waals surface area contributed by atoms with Gasteiger partial charge in [-0.2, -0.15) is 0 Å². The van der Waals surface area contributed by atoms with Crippen LogP contribution in [0.3, 0.4) is 0 Å². The van der Waals surface area contributed by atoms with E-state index in [2.05, 4.69) is 6.92 Å². The molecule has 0 bridgehead atoms. The molecule has 3 rings (SSSR count). The second-order valence-corrected chi connectivity index (χ2v) is 6.09. The zero-order chi connectivity index (χ0) is 14.3. The second kappa shape index (κ2) is 4.82. The highest BCUT2D eigenvalue weighted by Gasteiger charge is 2.35. The highest BCUT2D eigenvalue weighted by molar-refractivity contribution is 6.32. The number of halogens is 1. The van der Waals surface area contributed by atoms with Gasteiger partial charge in [0.1, 0.15) is 0 Å². The number of rotatable bonds is 2. The summed E-state index contributed by atoms with van der Waals surface area (Å²) in [5.41, 5.74) is 6.31. The van der Waals surface area contributed by atoms with Crippen molar-refractivity contribution in [1.29, 1.82) is 0 Å². The van der Waals surface area contributed by atoms with Gasteiger partial charge in [-0.05, 0) is 30.5 Å². The molecule has 2 N–H and O–H groups in total. The first-order valence-corrected chi connectivity index (χ1v) is 6.99. The van der Waals surface area contributed by atoms with E-state index in [1.165, 1.54) is 0 Å². The molecular formula is C14H17ClN2O3. The van der Waals surface area contributed by atoms with E-state index in [0.29, 0.717) is 35.2 Å². The Morgan fingerprint density at radius 2 is 2.30 bits per heavy atom. The number of carbonyl (C=O) groups excluding carboxylic acids is 1. The van der Waals surface area contributed by atoms with Crippen molar-refractivity contribution in [1.82, 2.24) is 4.90 Å². The van der Waals surface area contributed by atoms with Crippen LogP contribution >= 0.6 is 11.6 Å². The molecule has 1 fully saturated rings. The number of nitrogens with two attached hydrogens (primary N) is 1. The van der Waals surface area contributed by atoms with Gasteiger partial charge >= 0.3 is 0 Å². The first-order valence-electron chi connectivity index (χ1n) is 6.61. The standard InChI is InChI=1S/C14H17ClN2O3/c1-14(6-16)2-3-17(7-14)13(18)9-4-10(15)12-11(5-9)19-8-20-12/h4-5H,2-3,6-8,16H2,1H3. The summed E-state index contributed by atoms with van der Waals surface area (Å²) in [7, 11) is 0. The molecule has 1 aromatic rings. The zero-order valence-corrected chi connectivity index (χ0v) is 12.1. The molecule has 20 heavy (non-hydrogen) atoms. The van der Waals surface area contributed by atoms with Gasteiger partial charge in [0.05, 0.1) is 5.02 Å². The van der Waals surface area contributed by atoms with Gasteiger partial charge in [0.2, 0.25) is 6.79 Å². The van der Waals surface area contributed by atoms with Gasteiger partial charge in [0.25, 0.3) is 5.91 Å². The van der Waals surface area contributed by atoms with E-state index in [1.54, 1.807) is 12.1 Å². The molecular weight excluding hydrogens is 280 g/mol. The normalized spacial score (nSPS) is 24.2. The van der Waals surface area contributed by atoms with Crippen molar-refractivity contribution in [3.05, 3.63) is 22.7 Å². The molecule has 0 spiro atoms. The third kappa shape index (κ3) is 2.21. The van der Waals surface area contributed by atoms with Crippen LogP contribution in [-0.4, -0.2) is 37.2 Å². The Labute approximate surface area is 122 Å². The number of amides is 1. The Kier molecular flexibility index (Phi) is 3.26. The van der Waals surface area contributed by atoms with E-state index in [0.717, 1.165) is 13.0 Å². The van der Waals surface area contributed by atoms with E-state index in [1.807, 2.05) is 4.90 Å². The quantitative estimate of drug-likeness (QED) is 0.905. The Bertz CT molecular complexity index is 564. The Morgan fingerprint density at radius 1 is 1.50 bits per heavy atom. The van der Waals surface area contributed by atoms with Gasteiger partial charge in [-0.25, -0.2) is 0 Å². The largest absolute Gasteiger partial charge is 0.454 e. The summed E-state index contributed by atoms with van der Waals surface area (Å²) in [5, 5.41) is 0.407. The monoisotopic (exact) mass is 296 g/mol. The lowest BCUT2D eigenvalue weighted by atomic mass is 9.90. The molecule has 2 aliphatic rings. The first-order chi connectivity index (χ1) is 9.52. The van der Waals surface area contributed by atoms with Crippen LogP contribution in [0.5, 0.6) is 11.5 Å². The van der Waals surface area contributed by atoms with Crippen molar-refractivity contribution in [3.8, 4) is 11.5 Å². The van der Waals surface area contributed by atoms with Gasteiger partial charge in [-0.3, -0.25) is 4.79 Å². The van der Waals surface area contributed by atoms with Crippen molar-refractivity contribution in [3.63, 3.8) is 0 Å². The number of carbonyl (C=O) groups is 1. The maximum absolute atomic E-state index is 12.5. The van der Waals surface area contributed by atoms with Crippen LogP contribution in [-0.2, 0) is 0 Å². The van der Waals surface area contributed by atoms with Crippen molar-refractivity contribution in [2.45, 2.75) is 13.3 Å². The number of nitrogens with zero attached hydrogens (tertiary/aromatic N) is 1. The molecule has 5 nitrogen and oxygen atoms in total. The maximum Gasteiger partial charge on any atom is 0.254 e. The molecule has 0 radical (unpaired) electrons. The Morgan fingerprint density at radius 3 is 3.00 bits per heavy atom. The van der Waals surface area contributed by atoms with Crippen molar-refractivity contribution >= 4 is 17.5 Å². The number of likely N-dealkylation sites (tertiary alicyclic amines) is 1. The van der Waals surface area contributed by atoms with Crippen molar-refractivity contribution in [2.24, 2.45) is 11.1 Å². The lowest BCUT2D eigenvalue weighted by molar-refractivity contribution is 0.0776. The summed E-state index contributed by atoms with van der Waals surface area (Å²) in [6.07, 6.45) is 0.924. The van der Waals surface area contributed by atoms with E-state index in [4.69, 9.17) is 26.8 Å². The topological polar surface area (TPSA) is 64.8 Å². The lowest BCUT2D eigenvalue weighted by Crippen LogP contribution is -2.34. The fourth-order valence-corrected chi connectivity index (χ4v) is 2.90. The first kappa shape index (κ1) is 13.5. The average Bonchev–Trinajstić information content (AvgIpc) is 3.05. The van der Waals surface area contributed by atoms with E-state index < -0.39 is 0 Å². The molecule has 1 unspecified atom stereocenters. The number of benzene rings is 1. The van der Waals surface area contributed by atoms with Gasteiger partial charge in [-0.15, -0.1) is 0 Å². The second-order valence-electron chi connectivity index (χ2n) is 5.68. The van der Waals surface area contributed by atoms with Crippen LogP contribution in [0, 0.1) is 5.41 Å². The molecule has 108 valence electrons. The minimum atomic E-state index is -0.0395. The van der Waals surface area contributed by atoms with Crippen LogP contribution in [0.1, 0.15) is 23.7 Å². The average molecular weight is 297 g/mol. The SMILES string of the molecule is CC1(CN)CCN(C(=O)c2cc(Cl)c3c(c2)OCO3)C1. The van der Waals surface area contributed by atoms with Crippen LogP contribution in [0.4, 0.5) is 0 Å². The molecule has 1 saturated heterocycles. The van der Waals surface area contributed by atoms with Crippen LogP contribution in [0.2, 0.25) is 5.02 Å². The fraction of sp³-hybridized carbons (Fsp3) is 0.500. The maximum atomic E-state index is 12.5. The van der Waals surface area contributed by atoms with Crippen molar-refractivity contribution < 1.29 is 14.3 Å². The van der Waals surface area contributed by atoms with E-state index >= 15 is 0 Å². The summed E-state index contributed by atoms with van der Waals surface area (Å²) in [6, 6.07) is 3.32. The zero-order valence-electron chi connectivity index (χ0n) is 11.3. The predicted molar refractivity (Wildman–Crippen MR) is 75.3 cm³/mol. The summed E-state index contributed by atoms with van der Waals surface area (Å²) in [5.74, 6) is 1.00. The van der Waals surface area contributed by atoms with Gasteiger partial charge in [0.15, 0.2) is 11.5 Å². The minimum absolute atomic E-state index is 0.00972. The fourth-order valence-electron chi connectivity index (χ4n) is 2.64. The predicted octanol–water partition coefficient (Wildman–Crippen LogP) is 1.88. The number of fused-ring (bicyclic) bond motifs is 1. The summed E-state index contributed by atoms with van der Waals surface area (Å²) < 4.78 is 10.5. The van der Waals surface area contributed by atoms with Gasteiger partial charge in [0, 0.05) is 18.7 Å². The molecule has 0 aliphatic carbocycles. The summed E-state index contributed by atoms with van der Waals surface area (Å²) in [6.45, 7) is 4.22. The smallest absolute Gasteiger partial charge is 0.254 e. The molecule has 2 heterocycles. The minimum Gasteiger partial charge on any atom is -0.454 e. The molecule has 6 heteroatoms. The third-order valence-corrected chi connectivity index (χ3v) is 4.29. The summed E-state index contributed by atoms with van der Waals surface area (Å²) >= 11 is 6.11. The Balaban J connectivity index is 1.84. The summed E-state index contributed by atoms with van der Waals surface area (Å²) in [4.78, 5) is 14.4. The van der Waals surface area contributed by atoms with E-state index in [-0.39, 0.29) is 18.1 Å². The van der Waals surface area contributed by atoms with Crippen LogP contribution < -0.4 is 15.2 Å². The third-order valence-electron chi connectivity index (χ3n) is 4.01. The Hall–Kier alpha value is -1.46. The van der Waals surface area contributed by atoms with Gasteiger partial charge < -0.3 is 20.1 Å². The molecule has 1 aromatic carbocycles. The number of ether oxygens (including phenoxy) is 2. The lowest BCUT2D eigenvalue weighted by Gasteiger charge is -2.22. The molecule has 2 aliphatic heterocycles.